The summed E-state index contributed by atoms with van der Waals surface area (Å²) >= 11 is 0. The highest BCUT2D eigenvalue weighted by atomic mass is 14.9. The van der Waals surface area contributed by atoms with Gasteiger partial charge in [0.1, 0.15) is 0 Å². The molecule has 1 heteroatoms. The molecule has 0 radical (unpaired) electrons. The summed E-state index contributed by atoms with van der Waals surface area (Å²) in [5.41, 5.74) is 1.45. The first-order chi connectivity index (χ1) is 8.86. The Kier molecular flexibility index (Phi) is 4.77. The second kappa shape index (κ2) is 6.55. The van der Waals surface area contributed by atoms with E-state index in [1.165, 1.54) is 35.6 Å². The smallest absolute Gasteiger partial charge is 0.0326 e. The van der Waals surface area contributed by atoms with Crippen LogP contribution in [0.1, 0.15) is 44.7 Å². The molecule has 0 amide bonds. The van der Waals surface area contributed by atoms with E-state index in [1.807, 2.05) is 0 Å². The van der Waals surface area contributed by atoms with Gasteiger partial charge in [-0.05, 0) is 29.3 Å². The molecule has 0 saturated heterocycles. The van der Waals surface area contributed by atoms with Gasteiger partial charge in [-0.3, -0.25) is 0 Å². The van der Waals surface area contributed by atoms with Gasteiger partial charge < -0.3 is 5.32 Å². The average Bonchev–Trinajstić information content (AvgIpc) is 2.43. The van der Waals surface area contributed by atoms with Gasteiger partial charge in [-0.15, -0.1) is 0 Å². The summed E-state index contributed by atoms with van der Waals surface area (Å²) < 4.78 is 0. The predicted molar refractivity (Wildman–Crippen MR) is 79.9 cm³/mol. The average molecular weight is 241 g/mol. The Bertz CT molecular complexity index is 484. The number of hydrogen-bond acceptors (Lipinski definition) is 1. The molecule has 0 spiro atoms. The first-order valence-electron chi connectivity index (χ1n) is 7.07. The molecule has 1 N–H and O–H groups in total. The minimum Gasteiger partial charge on any atom is -0.310 e. The van der Waals surface area contributed by atoms with Gasteiger partial charge in [0.05, 0.1) is 0 Å². The summed E-state index contributed by atoms with van der Waals surface area (Å²) in [4.78, 5) is 0. The van der Waals surface area contributed by atoms with Crippen molar-refractivity contribution in [1.82, 2.24) is 5.32 Å². The first-order valence-corrected chi connectivity index (χ1v) is 7.07. The lowest BCUT2D eigenvalue weighted by atomic mass is 9.95. The van der Waals surface area contributed by atoms with Gasteiger partial charge in [0.15, 0.2) is 0 Å². The Balaban J connectivity index is 2.36. The van der Waals surface area contributed by atoms with Crippen molar-refractivity contribution in [3.8, 4) is 0 Å². The van der Waals surface area contributed by atoms with Crippen molar-refractivity contribution in [3.05, 3.63) is 48.0 Å². The van der Waals surface area contributed by atoms with E-state index in [0.29, 0.717) is 6.04 Å². The molecule has 0 saturated carbocycles. The third-order valence-corrected chi connectivity index (χ3v) is 3.50. The standard InChI is InChI=1S/C17H23N/c1-3-5-13-17(18-4-2)16-12-8-10-14-9-6-7-11-15(14)16/h6-12,17-18H,3-5,13H2,1-2H3. The first kappa shape index (κ1) is 13.1. The van der Waals surface area contributed by atoms with Crippen LogP contribution < -0.4 is 5.32 Å². The molecule has 1 nitrogen and oxygen atoms in total. The van der Waals surface area contributed by atoms with Gasteiger partial charge in [0.2, 0.25) is 0 Å². The molecule has 0 bridgehead atoms. The van der Waals surface area contributed by atoms with E-state index in [1.54, 1.807) is 0 Å². The number of hydrogen-bond donors (Lipinski definition) is 1. The Morgan fingerprint density at radius 1 is 1.00 bits per heavy atom. The van der Waals surface area contributed by atoms with Gasteiger partial charge in [-0.1, -0.05) is 69.2 Å². The van der Waals surface area contributed by atoms with Gasteiger partial charge in [0, 0.05) is 6.04 Å². The zero-order valence-corrected chi connectivity index (χ0v) is 11.4. The summed E-state index contributed by atoms with van der Waals surface area (Å²) in [7, 11) is 0. The quantitative estimate of drug-likeness (QED) is 0.774. The highest BCUT2D eigenvalue weighted by Crippen LogP contribution is 2.27. The molecule has 0 aliphatic rings. The van der Waals surface area contributed by atoms with Crippen LogP contribution in [-0.2, 0) is 0 Å². The van der Waals surface area contributed by atoms with Gasteiger partial charge in [0.25, 0.3) is 0 Å². The number of fused-ring (bicyclic) bond motifs is 1. The van der Waals surface area contributed by atoms with E-state index in [9.17, 15) is 0 Å². The Morgan fingerprint density at radius 2 is 1.78 bits per heavy atom. The fourth-order valence-electron chi connectivity index (χ4n) is 2.58. The van der Waals surface area contributed by atoms with Crippen LogP contribution in [0.15, 0.2) is 42.5 Å². The minimum atomic E-state index is 0.487. The summed E-state index contributed by atoms with van der Waals surface area (Å²) in [6.45, 7) is 5.47. The van der Waals surface area contributed by atoms with E-state index in [0.717, 1.165) is 6.54 Å². The second-order valence-corrected chi connectivity index (χ2v) is 4.82. The maximum absolute atomic E-state index is 3.63. The Hall–Kier alpha value is -1.34. The van der Waals surface area contributed by atoms with Crippen molar-refractivity contribution in [3.63, 3.8) is 0 Å². The Morgan fingerprint density at radius 3 is 2.56 bits per heavy atom. The van der Waals surface area contributed by atoms with Crippen LogP contribution >= 0.6 is 0 Å². The van der Waals surface area contributed by atoms with Crippen LogP contribution in [0.2, 0.25) is 0 Å². The van der Waals surface area contributed by atoms with Crippen LogP contribution in [0.3, 0.4) is 0 Å². The van der Waals surface area contributed by atoms with Crippen molar-refractivity contribution >= 4 is 10.8 Å². The molecule has 0 aromatic heterocycles. The van der Waals surface area contributed by atoms with Crippen LogP contribution in [0.5, 0.6) is 0 Å². The predicted octanol–water partition coefficient (Wildman–Crippen LogP) is 4.68. The fourth-order valence-corrected chi connectivity index (χ4v) is 2.58. The third-order valence-electron chi connectivity index (χ3n) is 3.50. The van der Waals surface area contributed by atoms with Crippen molar-refractivity contribution in [1.29, 1.82) is 0 Å². The molecule has 2 aromatic carbocycles. The van der Waals surface area contributed by atoms with E-state index >= 15 is 0 Å². The Labute approximate surface area is 110 Å². The maximum Gasteiger partial charge on any atom is 0.0326 e. The molecule has 2 rings (SSSR count). The topological polar surface area (TPSA) is 12.0 Å². The molecule has 0 heterocycles. The molecular weight excluding hydrogens is 218 g/mol. The fraction of sp³-hybridized carbons (Fsp3) is 0.412. The number of unbranched alkanes of at least 4 members (excludes halogenated alkanes) is 1. The lowest BCUT2D eigenvalue weighted by Gasteiger charge is -2.20. The molecule has 0 aliphatic carbocycles. The zero-order valence-electron chi connectivity index (χ0n) is 11.4. The number of nitrogens with one attached hydrogen (secondary N) is 1. The molecule has 0 aliphatic heterocycles. The van der Waals surface area contributed by atoms with E-state index in [2.05, 4.69) is 61.6 Å². The highest BCUT2D eigenvalue weighted by Gasteiger charge is 2.12. The van der Waals surface area contributed by atoms with Crippen molar-refractivity contribution in [2.24, 2.45) is 0 Å². The van der Waals surface area contributed by atoms with Crippen LogP contribution in [0, 0.1) is 0 Å². The van der Waals surface area contributed by atoms with Gasteiger partial charge in [-0.25, -0.2) is 0 Å². The number of benzene rings is 2. The summed E-state index contributed by atoms with van der Waals surface area (Å²) in [5.74, 6) is 0. The highest BCUT2D eigenvalue weighted by molar-refractivity contribution is 5.86. The van der Waals surface area contributed by atoms with Crippen LogP contribution in [0.25, 0.3) is 10.8 Å². The molecule has 18 heavy (non-hydrogen) atoms. The monoisotopic (exact) mass is 241 g/mol. The SMILES string of the molecule is CCCCC(NCC)c1cccc2ccccc12. The van der Waals surface area contributed by atoms with Crippen molar-refractivity contribution in [2.45, 2.75) is 39.2 Å². The van der Waals surface area contributed by atoms with Crippen LogP contribution in [0.4, 0.5) is 0 Å². The zero-order chi connectivity index (χ0) is 12.8. The van der Waals surface area contributed by atoms with E-state index < -0.39 is 0 Å². The normalized spacial score (nSPS) is 12.8. The summed E-state index contributed by atoms with van der Waals surface area (Å²) in [6, 6.07) is 15.8. The molecular formula is C17H23N. The van der Waals surface area contributed by atoms with Crippen molar-refractivity contribution < 1.29 is 0 Å². The molecule has 0 fully saturated rings. The van der Waals surface area contributed by atoms with Crippen LogP contribution in [-0.4, -0.2) is 6.54 Å². The van der Waals surface area contributed by atoms with Gasteiger partial charge in [-0.2, -0.15) is 0 Å². The minimum absolute atomic E-state index is 0.487. The molecule has 1 unspecified atom stereocenters. The number of rotatable bonds is 6. The molecule has 2 aromatic rings. The third kappa shape index (κ3) is 2.91. The molecule has 96 valence electrons. The molecule has 1 atom stereocenters. The van der Waals surface area contributed by atoms with Gasteiger partial charge >= 0.3 is 0 Å². The van der Waals surface area contributed by atoms with E-state index in [4.69, 9.17) is 0 Å². The van der Waals surface area contributed by atoms with Crippen molar-refractivity contribution in [2.75, 3.05) is 6.54 Å². The lowest BCUT2D eigenvalue weighted by Crippen LogP contribution is -2.21. The largest absolute Gasteiger partial charge is 0.310 e. The summed E-state index contributed by atoms with van der Waals surface area (Å²) in [6.07, 6.45) is 3.76. The second-order valence-electron chi connectivity index (χ2n) is 4.82. The van der Waals surface area contributed by atoms with E-state index in [-0.39, 0.29) is 0 Å². The summed E-state index contributed by atoms with van der Waals surface area (Å²) in [5, 5.41) is 6.36. The maximum atomic E-state index is 3.63. The lowest BCUT2D eigenvalue weighted by molar-refractivity contribution is 0.497.